The summed E-state index contributed by atoms with van der Waals surface area (Å²) in [6, 6.07) is 31.3. The van der Waals surface area contributed by atoms with Crippen LogP contribution in [0.5, 0.6) is 11.5 Å². The molecule has 3 aliphatic heterocycles. The number of nitrogens with zero attached hydrogens (tertiary/aromatic N) is 3. The normalized spacial score (nSPS) is 17.7. The average Bonchev–Trinajstić information content (AvgIpc) is 3.64. The van der Waals surface area contributed by atoms with Gasteiger partial charge in [0.05, 0.1) is 0 Å². The summed E-state index contributed by atoms with van der Waals surface area (Å²) >= 11 is 0. The summed E-state index contributed by atoms with van der Waals surface area (Å²) in [7, 11) is 0. The Balaban J connectivity index is 0.987. The molecule has 44 heavy (non-hydrogen) atoms. The summed E-state index contributed by atoms with van der Waals surface area (Å²) in [5.41, 5.74) is 5.26. The molecule has 0 bridgehead atoms. The number of fused-ring (bicyclic) bond motifs is 2. The molecular formula is C36H34N4O4. The summed E-state index contributed by atoms with van der Waals surface area (Å²) < 4.78 is 11.0. The van der Waals surface area contributed by atoms with Gasteiger partial charge >= 0.3 is 0 Å². The van der Waals surface area contributed by atoms with Crippen molar-refractivity contribution in [3.63, 3.8) is 0 Å². The van der Waals surface area contributed by atoms with Crippen molar-refractivity contribution in [2.75, 3.05) is 44.8 Å². The summed E-state index contributed by atoms with van der Waals surface area (Å²) in [6.07, 6.45) is 3.98. The molecule has 0 radical (unpaired) electrons. The molecule has 1 atom stereocenters. The molecule has 0 aromatic heterocycles. The van der Waals surface area contributed by atoms with Crippen LogP contribution in [0.2, 0.25) is 0 Å². The lowest BCUT2D eigenvalue weighted by Crippen LogP contribution is -2.48. The SMILES string of the molecule is O=C(c1ccc(NC2c3ccccc3C(=O)N2Cc2ccc3c(c2)OCO3)cc1)N1CCN(C/C=C/c2ccccc2)CC1. The number of benzene rings is 4. The van der Waals surface area contributed by atoms with Crippen LogP contribution in [0.25, 0.3) is 6.08 Å². The van der Waals surface area contributed by atoms with Crippen molar-refractivity contribution in [1.29, 1.82) is 0 Å². The second-order valence-corrected chi connectivity index (χ2v) is 11.2. The number of nitrogens with one attached hydrogen (secondary N) is 1. The Morgan fingerprint density at radius 3 is 2.41 bits per heavy atom. The van der Waals surface area contributed by atoms with Gasteiger partial charge in [0.1, 0.15) is 6.17 Å². The Kier molecular flexibility index (Phi) is 7.73. The first kappa shape index (κ1) is 27.7. The van der Waals surface area contributed by atoms with Crippen LogP contribution < -0.4 is 14.8 Å². The average molecular weight is 587 g/mol. The van der Waals surface area contributed by atoms with Crippen molar-refractivity contribution in [2.45, 2.75) is 12.7 Å². The highest BCUT2D eigenvalue weighted by molar-refractivity contribution is 5.99. The highest BCUT2D eigenvalue weighted by Crippen LogP contribution is 2.38. The van der Waals surface area contributed by atoms with Gasteiger partial charge in [0, 0.05) is 61.6 Å². The van der Waals surface area contributed by atoms with E-state index in [1.54, 1.807) is 0 Å². The van der Waals surface area contributed by atoms with Crippen LogP contribution in [-0.2, 0) is 6.54 Å². The van der Waals surface area contributed by atoms with Crippen molar-refractivity contribution < 1.29 is 19.1 Å². The van der Waals surface area contributed by atoms with Crippen LogP contribution in [0.1, 0.15) is 43.6 Å². The largest absolute Gasteiger partial charge is 0.454 e. The first-order valence-electron chi connectivity index (χ1n) is 15.0. The summed E-state index contributed by atoms with van der Waals surface area (Å²) in [5, 5.41) is 3.54. The highest BCUT2D eigenvalue weighted by Gasteiger charge is 2.36. The third-order valence-corrected chi connectivity index (χ3v) is 8.42. The number of hydrogen-bond donors (Lipinski definition) is 1. The molecule has 7 rings (SSSR count). The highest BCUT2D eigenvalue weighted by atomic mass is 16.7. The smallest absolute Gasteiger partial charge is 0.256 e. The minimum Gasteiger partial charge on any atom is -0.454 e. The summed E-state index contributed by atoms with van der Waals surface area (Å²) in [6.45, 7) is 4.58. The Morgan fingerprint density at radius 1 is 0.841 bits per heavy atom. The van der Waals surface area contributed by atoms with E-state index >= 15 is 0 Å². The van der Waals surface area contributed by atoms with Crippen molar-refractivity contribution in [1.82, 2.24) is 14.7 Å². The maximum absolute atomic E-state index is 13.5. The van der Waals surface area contributed by atoms with Crippen molar-refractivity contribution in [3.8, 4) is 11.5 Å². The molecule has 1 unspecified atom stereocenters. The second kappa shape index (κ2) is 12.3. The molecule has 0 saturated carbocycles. The molecule has 1 saturated heterocycles. The first-order chi connectivity index (χ1) is 21.6. The Labute approximate surface area is 257 Å². The van der Waals surface area contributed by atoms with Gasteiger partial charge in [-0.25, -0.2) is 0 Å². The number of carbonyl (C=O) groups excluding carboxylic acids is 2. The number of amides is 2. The van der Waals surface area contributed by atoms with Crippen LogP contribution >= 0.6 is 0 Å². The zero-order chi connectivity index (χ0) is 29.9. The van der Waals surface area contributed by atoms with Crippen molar-refractivity contribution >= 4 is 23.6 Å². The van der Waals surface area contributed by atoms with Gasteiger partial charge in [0.15, 0.2) is 11.5 Å². The number of piperazine rings is 1. The van der Waals surface area contributed by atoms with Gasteiger partial charge in [0.2, 0.25) is 6.79 Å². The molecule has 1 N–H and O–H groups in total. The van der Waals surface area contributed by atoms with E-state index in [0.29, 0.717) is 42.3 Å². The van der Waals surface area contributed by atoms with Crippen LogP contribution in [-0.4, -0.2) is 66.0 Å². The van der Waals surface area contributed by atoms with Crippen LogP contribution in [0.15, 0.2) is 103 Å². The van der Waals surface area contributed by atoms with Gasteiger partial charge in [-0.2, -0.15) is 0 Å². The van der Waals surface area contributed by atoms with E-state index in [0.717, 1.165) is 36.4 Å². The van der Waals surface area contributed by atoms with E-state index in [1.807, 2.05) is 94.7 Å². The Bertz CT molecular complexity index is 1680. The van der Waals surface area contributed by atoms with Gasteiger partial charge in [-0.15, -0.1) is 0 Å². The maximum Gasteiger partial charge on any atom is 0.256 e. The monoisotopic (exact) mass is 586 g/mol. The number of rotatable bonds is 8. The molecular weight excluding hydrogens is 552 g/mol. The van der Waals surface area contributed by atoms with E-state index in [1.165, 1.54) is 5.56 Å². The summed E-state index contributed by atoms with van der Waals surface area (Å²) in [5.74, 6) is 1.42. The Hall–Kier alpha value is -5.08. The molecule has 0 aliphatic carbocycles. The standard InChI is InChI=1S/C36H34N4O4/c41-35(39-21-19-38(20-22-39)18-6-9-26-7-2-1-3-8-26)28-13-15-29(16-14-28)37-34-30-10-4-5-11-31(30)36(42)40(34)24-27-12-17-32-33(23-27)44-25-43-32/h1-17,23,34,37H,18-22,24-25H2/b9-6+. The van der Waals surface area contributed by atoms with Gasteiger partial charge < -0.3 is 24.6 Å². The maximum atomic E-state index is 13.5. The lowest BCUT2D eigenvalue weighted by Gasteiger charge is -2.34. The minimum atomic E-state index is -0.352. The molecule has 1 fully saturated rings. The third-order valence-electron chi connectivity index (χ3n) is 8.42. The van der Waals surface area contributed by atoms with Crippen molar-refractivity contribution in [2.24, 2.45) is 0 Å². The number of hydrogen-bond acceptors (Lipinski definition) is 6. The van der Waals surface area contributed by atoms with Gasteiger partial charge in [0.25, 0.3) is 11.8 Å². The fourth-order valence-electron chi connectivity index (χ4n) is 6.01. The van der Waals surface area contributed by atoms with Crippen LogP contribution in [0.3, 0.4) is 0 Å². The van der Waals surface area contributed by atoms with E-state index in [2.05, 4.69) is 34.5 Å². The van der Waals surface area contributed by atoms with E-state index < -0.39 is 0 Å². The molecule has 4 aromatic carbocycles. The lowest BCUT2D eigenvalue weighted by molar-refractivity contribution is 0.0650. The third kappa shape index (κ3) is 5.76. The van der Waals surface area contributed by atoms with E-state index in [4.69, 9.17) is 9.47 Å². The molecule has 3 heterocycles. The summed E-state index contributed by atoms with van der Waals surface area (Å²) in [4.78, 5) is 32.9. The fourth-order valence-corrected chi connectivity index (χ4v) is 6.01. The number of anilines is 1. The van der Waals surface area contributed by atoms with Gasteiger partial charge in [-0.1, -0.05) is 66.7 Å². The fraction of sp³-hybridized carbons (Fsp3) is 0.222. The molecule has 2 amide bonds. The zero-order valence-electron chi connectivity index (χ0n) is 24.4. The van der Waals surface area contributed by atoms with Gasteiger partial charge in [-0.3, -0.25) is 14.5 Å². The Morgan fingerprint density at radius 2 is 1.59 bits per heavy atom. The van der Waals surface area contributed by atoms with E-state index in [-0.39, 0.29) is 24.8 Å². The molecule has 0 spiro atoms. The number of carbonyl (C=O) groups is 2. The molecule has 3 aliphatic rings. The quantitative estimate of drug-likeness (QED) is 0.288. The topological polar surface area (TPSA) is 74.3 Å². The molecule has 8 nitrogen and oxygen atoms in total. The predicted molar refractivity (Wildman–Crippen MR) is 170 cm³/mol. The first-order valence-corrected chi connectivity index (χ1v) is 15.0. The second-order valence-electron chi connectivity index (χ2n) is 11.2. The predicted octanol–water partition coefficient (Wildman–Crippen LogP) is 5.65. The van der Waals surface area contributed by atoms with Crippen molar-refractivity contribution in [3.05, 3.63) is 131 Å². The zero-order valence-corrected chi connectivity index (χ0v) is 24.4. The van der Waals surface area contributed by atoms with Gasteiger partial charge in [-0.05, 0) is 53.6 Å². The van der Waals surface area contributed by atoms with E-state index in [9.17, 15) is 9.59 Å². The molecule has 4 aromatic rings. The van der Waals surface area contributed by atoms with Crippen LogP contribution in [0.4, 0.5) is 5.69 Å². The van der Waals surface area contributed by atoms with Crippen LogP contribution in [0, 0.1) is 0 Å². The lowest BCUT2D eigenvalue weighted by atomic mass is 10.1. The molecule has 8 heteroatoms. The minimum absolute atomic E-state index is 0.0303. The molecule has 222 valence electrons. The number of ether oxygens (including phenoxy) is 2.